The number of aromatic amines is 1. The second kappa shape index (κ2) is 9.32. The average Bonchev–Trinajstić information content (AvgIpc) is 3.43. The lowest BCUT2D eigenvalue weighted by Crippen LogP contribution is -2.34. The molecule has 1 N–H and O–H groups in total. The molecule has 0 aliphatic heterocycles. The van der Waals surface area contributed by atoms with E-state index in [-0.39, 0.29) is 5.78 Å². The molecule has 1 heterocycles. The van der Waals surface area contributed by atoms with Crippen LogP contribution in [0.5, 0.6) is 0 Å². The molecule has 0 aliphatic carbocycles. The molecule has 5 aromatic rings. The Morgan fingerprint density at radius 2 is 0.939 bits per heavy atom. The van der Waals surface area contributed by atoms with Crippen molar-refractivity contribution < 1.29 is 4.79 Å². The number of hydrogen-bond donors (Lipinski definition) is 1. The van der Waals surface area contributed by atoms with E-state index < -0.39 is 6.89 Å². The Bertz CT molecular complexity index is 1290. The van der Waals surface area contributed by atoms with Gasteiger partial charge in [-0.25, -0.2) is 0 Å². The van der Waals surface area contributed by atoms with Gasteiger partial charge in [0.25, 0.3) is 0 Å². The average molecular weight is 446 g/mol. The number of hydrogen-bond acceptors (Lipinski definition) is 1. The third-order valence-electron chi connectivity index (χ3n) is 5.87. The van der Waals surface area contributed by atoms with Crippen molar-refractivity contribution in [1.82, 2.24) is 4.98 Å². The molecule has 3 heteroatoms. The first kappa shape index (κ1) is 21.0. The van der Waals surface area contributed by atoms with Crippen molar-refractivity contribution in [2.24, 2.45) is 0 Å². The minimum Gasteiger partial charge on any atom is -0.361 e. The topological polar surface area (TPSA) is 32.9 Å². The van der Waals surface area contributed by atoms with Gasteiger partial charge >= 0.3 is 0 Å². The highest BCUT2D eigenvalue weighted by Crippen LogP contribution is 2.48. The van der Waals surface area contributed by atoms with Crippen LogP contribution in [0.25, 0.3) is 0 Å². The Balaban J connectivity index is 2.04. The maximum absolute atomic E-state index is 14.4. The molecule has 5 rings (SSSR count). The number of carbonyl (C=O) groups is 1. The highest BCUT2D eigenvalue weighted by molar-refractivity contribution is 7.96. The molecule has 160 valence electrons. The normalized spacial score (nSPS) is 11.2. The summed E-state index contributed by atoms with van der Waals surface area (Å²) < 4.78 is 0. The Morgan fingerprint density at radius 1 is 0.515 bits per heavy atom. The second-order valence-electron chi connectivity index (χ2n) is 7.81. The number of H-pyrrole nitrogens is 1. The van der Waals surface area contributed by atoms with Crippen LogP contribution in [-0.2, 0) is 0 Å². The zero-order valence-electron chi connectivity index (χ0n) is 18.1. The summed E-state index contributed by atoms with van der Waals surface area (Å²) in [5, 5.41) is 4.26. The second-order valence-corrected chi connectivity index (χ2v) is 11.1. The largest absolute Gasteiger partial charge is 0.361 e. The lowest BCUT2D eigenvalue weighted by atomic mass is 10.1. The van der Waals surface area contributed by atoms with Crippen LogP contribution in [0, 0.1) is 0 Å². The van der Waals surface area contributed by atoms with Crippen molar-refractivity contribution in [1.29, 1.82) is 0 Å². The third kappa shape index (κ3) is 3.80. The molecule has 0 aliphatic rings. The van der Waals surface area contributed by atoms with E-state index in [1.54, 1.807) is 0 Å². The Hall–Kier alpha value is -3.87. The van der Waals surface area contributed by atoms with E-state index in [1.165, 1.54) is 0 Å². The first-order valence-corrected chi connectivity index (χ1v) is 12.8. The number of Topliss-reactive ketones (excluding diaryl/α,β-unsaturated/α-hetero) is 1. The minimum absolute atomic E-state index is 0.0444. The molecule has 0 unspecified atom stereocenters. The van der Waals surface area contributed by atoms with Gasteiger partial charge in [-0.2, -0.15) is 0 Å². The maximum atomic E-state index is 14.4. The van der Waals surface area contributed by atoms with Gasteiger partial charge < -0.3 is 4.98 Å². The van der Waals surface area contributed by atoms with Crippen molar-refractivity contribution in [2.45, 2.75) is 0 Å². The number of rotatable bonds is 6. The maximum Gasteiger partial charge on any atom is 0.196 e. The van der Waals surface area contributed by atoms with Gasteiger partial charge in [0, 0.05) is 11.8 Å². The molecule has 0 atom stereocenters. The third-order valence-corrected chi connectivity index (χ3v) is 10.2. The Kier molecular flexibility index (Phi) is 5.93. The van der Waals surface area contributed by atoms with Gasteiger partial charge in [0.1, 0.15) is 0 Å². The van der Waals surface area contributed by atoms with Gasteiger partial charge in [0.15, 0.2) is 5.78 Å². The molecule has 0 saturated carbocycles. The number of ketones is 1. The quantitative estimate of drug-likeness (QED) is 0.275. The first-order chi connectivity index (χ1) is 16.3. The summed E-state index contributed by atoms with van der Waals surface area (Å²) in [6, 6.07) is 45.0. The van der Waals surface area contributed by atoms with Crippen LogP contribution in [0.3, 0.4) is 0 Å². The summed E-state index contributed by atoms with van der Waals surface area (Å²) in [5.41, 5.74) is 1.54. The van der Waals surface area contributed by atoms with E-state index in [0.717, 1.165) is 26.9 Å². The van der Waals surface area contributed by atoms with Crippen LogP contribution >= 0.6 is 6.89 Å². The standard InChI is InChI=1S/C30H24NOP/c32-29(24-14-5-1-6-15-24)30(28-22-13-23-31-28)33(25-16-7-2-8-17-25,26-18-9-3-10-19-26)27-20-11-4-12-21-27/h1-23,31H. The fourth-order valence-electron chi connectivity index (χ4n) is 4.45. The number of carbonyl (C=O) groups excluding carboxylic acids is 1. The van der Waals surface area contributed by atoms with E-state index in [2.05, 4.69) is 77.8 Å². The number of nitrogens with one attached hydrogen (secondary N) is 1. The summed E-state index contributed by atoms with van der Waals surface area (Å²) in [6.07, 6.45) is 1.89. The smallest absolute Gasteiger partial charge is 0.196 e. The van der Waals surface area contributed by atoms with Crippen molar-refractivity contribution >= 4 is 33.9 Å². The monoisotopic (exact) mass is 445 g/mol. The lowest BCUT2D eigenvalue weighted by molar-refractivity contribution is 0.106. The fourth-order valence-corrected chi connectivity index (χ4v) is 8.91. The van der Waals surface area contributed by atoms with Gasteiger partial charge in [-0.05, 0) is 34.9 Å². The summed E-state index contributed by atoms with van der Waals surface area (Å²) >= 11 is 0. The van der Waals surface area contributed by atoms with E-state index in [0.29, 0.717) is 5.56 Å². The van der Waals surface area contributed by atoms with E-state index in [1.807, 2.05) is 66.9 Å². The van der Waals surface area contributed by atoms with Crippen LogP contribution in [-0.4, -0.2) is 16.1 Å². The van der Waals surface area contributed by atoms with Crippen molar-refractivity contribution in [3.8, 4) is 0 Å². The minimum atomic E-state index is -2.54. The summed E-state index contributed by atoms with van der Waals surface area (Å²) in [6.45, 7) is -2.54. The Labute approximate surface area is 194 Å². The fraction of sp³-hybridized carbons (Fsp3) is 0. The lowest BCUT2D eigenvalue weighted by Gasteiger charge is -2.32. The zero-order chi connectivity index (χ0) is 22.5. The predicted octanol–water partition coefficient (Wildman–Crippen LogP) is 5.41. The van der Waals surface area contributed by atoms with E-state index in [9.17, 15) is 4.79 Å². The van der Waals surface area contributed by atoms with Crippen molar-refractivity contribution in [3.05, 3.63) is 151 Å². The van der Waals surface area contributed by atoms with Gasteiger partial charge in [-0.3, -0.25) is 4.79 Å². The molecule has 0 radical (unpaired) electrons. The van der Waals surface area contributed by atoms with Gasteiger partial charge in [-0.15, -0.1) is 0 Å². The van der Waals surface area contributed by atoms with Crippen LogP contribution < -0.4 is 15.9 Å². The Morgan fingerprint density at radius 3 is 1.33 bits per heavy atom. The molecular formula is C30H24NOP. The van der Waals surface area contributed by atoms with Gasteiger partial charge in [0.05, 0.1) is 11.0 Å². The molecule has 0 bridgehead atoms. The van der Waals surface area contributed by atoms with Crippen LogP contribution in [0.4, 0.5) is 0 Å². The van der Waals surface area contributed by atoms with Crippen molar-refractivity contribution in [2.75, 3.05) is 0 Å². The molecule has 4 aromatic carbocycles. The molecule has 0 fully saturated rings. The highest BCUT2D eigenvalue weighted by Gasteiger charge is 2.34. The molecular weight excluding hydrogens is 421 g/mol. The van der Waals surface area contributed by atoms with Crippen LogP contribution in [0.15, 0.2) is 140 Å². The number of benzene rings is 4. The van der Waals surface area contributed by atoms with Crippen molar-refractivity contribution in [3.63, 3.8) is 0 Å². The summed E-state index contributed by atoms with van der Waals surface area (Å²) in [5.74, 6) is 0.0444. The van der Waals surface area contributed by atoms with Gasteiger partial charge in [-0.1, -0.05) is 121 Å². The molecule has 0 saturated heterocycles. The SMILES string of the molecule is O=C(C(c1ccc[nH]1)=P(c1ccccc1)(c1ccccc1)c1ccccc1)c1ccccc1. The van der Waals surface area contributed by atoms with Crippen LogP contribution in [0.1, 0.15) is 16.1 Å². The van der Waals surface area contributed by atoms with Crippen LogP contribution in [0.2, 0.25) is 0 Å². The zero-order valence-corrected chi connectivity index (χ0v) is 19.0. The molecule has 0 amide bonds. The summed E-state index contributed by atoms with van der Waals surface area (Å²) in [7, 11) is 0. The predicted molar refractivity (Wildman–Crippen MR) is 141 cm³/mol. The molecule has 1 aromatic heterocycles. The number of aromatic nitrogens is 1. The van der Waals surface area contributed by atoms with E-state index >= 15 is 0 Å². The first-order valence-electron chi connectivity index (χ1n) is 11.0. The highest BCUT2D eigenvalue weighted by atomic mass is 31.2. The molecule has 2 nitrogen and oxygen atoms in total. The molecule has 0 spiro atoms. The van der Waals surface area contributed by atoms with E-state index in [4.69, 9.17) is 0 Å². The van der Waals surface area contributed by atoms with Gasteiger partial charge in [0.2, 0.25) is 0 Å². The summed E-state index contributed by atoms with van der Waals surface area (Å²) in [4.78, 5) is 17.8. The molecule has 33 heavy (non-hydrogen) atoms.